The van der Waals surface area contributed by atoms with Gasteiger partial charge in [-0.2, -0.15) is 12.7 Å². The molecule has 0 unspecified atom stereocenters. The van der Waals surface area contributed by atoms with Crippen molar-refractivity contribution in [1.82, 2.24) is 23.9 Å². The Balaban J connectivity index is 1.68. The van der Waals surface area contributed by atoms with E-state index in [2.05, 4.69) is 14.9 Å². The molecule has 2 N–H and O–H groups in total. The molecule has 1 aromatic carbocycles. The number of anilines is 1. The van der Waals surface area contributed by atoms with E-state index in [1.807, 2.05) is 13.8 Å². The minimum atomic E-state index is -4.06. The Morgan fingerprint density at radius 2 is 1.90 bits per heavy atom. The van der Waals surface area contributed by atoms with E-state index in [1.165, 1.54) is 45.5 Å². The number of nitrogens with one attached hydrogen (secondary N) is 1. The highest BCUT2D eigenvalue weighted by atomic mass is 32.2. The van der Waals surface area contributed by atoms with Crippen molar-refractivity contribution in [2.24, 2.45) is 13.0 Å². The van der Waals surface area contributed by atoms with Crippen molar-refractivity contribution >= 4 is 31.6 Å². The summed E-state index contributed by atoms with van der Waals surface area (Å²) in [5.41, 5.74) is 0.481. The Labute approximate surface area is 282 Å². The van der Waals surface area contributed by atoms with E-state index in [0.29, 0.717) is 19.4 Å². The Morgan fingerprint density at radius 1 is 1.17 bits per heavy atom. The second-order valence-electron chi connectivity index (χ2n) is 12.4. The number of benzene rings is 1. The first kappa shape index (κ1) is 37.3. The minimum absolute atomic E-state index is 0.00400. The van der Waals surface area contributed by atoms with Gasteiger partial charge in [0.25, 0.3) is 15.9 Å². The van der Waals surface area contributed by atoms with E-state index in [-0.39, 0.29) is 64.2 Å². The average molecular weight is 711 g/mol. The lowest BCUT2D eigenvalue weighted by atomic mass is 10.0. The van der Waals surface area contributed by atoms with Crippen molar-refractivity contribution in [3.63, 3.8) is 0 Å². The zero-order valence-corrected chi connectivity index (χ0v) is 30.0. The van der Waals surface area contributed by atoms with Gasteiger partial charge in [0.1, 0.15) is 16.3 Å². The van der Waals surface area contributed by atoms with Crippen LogP contribution in [-0.2, 0) is 31.8 Å². The second-order valence-corrected chi connectivity index (χ2v) is 16.0. The Morgan fingerprint density at radius 3 is 2.52 bits per heavy atom. The van der Waals surface area contributed by atoms with Gasteiger partial charge in [0.15, 0.2) is 10.8 Å². The molecular weight excluding hydrogens is 665 g/mol. The lowest BCUT2D eigenvalue weighted by molar-refractivity contribution is -0.00835. The van der Waals surface area contributed by atoms with E-state index < -0.39 is 44.0 Å². The molecule has 1 aliphatic heterocycles. The van der Waals surface area contributed by atoms with Crippen molar-refractivity contribution < 1.29 is 40.7 Å². The predicted octanol–water partition coefficient (Wildman–Crippen LogP) is 2.94. The van der Waals surface area contributed by atoms with Gasteiger partial charge in [-0.25, -0.2) is 13.4 Å². The van der Waals surface area contributed by atoms with Gasteiger partial charge < -0.3 is 28.6 Å². The highest BCUT2D eigenvalue weighted by molar-refractivity contribution is 7.92. The number of sulfonamides is 2. The van der Waals surface area contributed by atoms with E-state index in [1.54, 1.807) is 33.9 Å². The summed E-state index contributed by atoms with van der Waals surface area (Å²) < 4.78 is 76.0. The molecular formula is C31H46N6O9S2. The van der Waals surface area contributed by atoms with Crippen LogP contribution in [0, 0.1) is 19.8 Å². The molecule has 1 amide bonds. The number of aryl methyl sites for hydroxylation is 3. The second kappa shape index (κ2) is 15.4. The lowest BCUT2D eigenvalue weighted by Crippen LogP contribution is -2.48. The van der Waals surface area contributed by atoms with Crippen LogP contribution >= 0.6 is 0 Å². The quantitative estimate of drug-likeness (QED) is 0.333. The number of carbonyl (C=O) groups is 1. The molecule has 3 aromatic rings. The van der Waals surface area contributed by atoms with Crippen LogP contribution < -0.4 is 9.46 Å². The Bertz CT molecular complexity index is 1770. The summed E-state index contributed by atoms with van der Waals surface area (Å²) >= 11 is 0. The number of aromatic nitrogens is 3. The molecule has 3 heterocycles. The number of ether oxygens (including phenoxy) is 2. The standard InChI is InChI=1S/C31H46N6O9S2/c1-20-15-37(21(2)18-38)31(39)26-14-25(34-47(40,41)29-17-35(6)19-32-29)11-12-27(26)45-22(3)10-8-9-13-44-28(20)16-36(7)48(42,43)30-23(4)33-46-24(30)5/h11-12,14,17,19-22,28,34,38H,8-10,13,15-16,18H2,1-7H3/t20-,21+,22+,28+/m1/s1. The molecule has 0 radical (unpaired) electrons. The zero-order valence-electron chi connectivity index (χ0n) is 28.4. The molecule has 4 atom stereocenters. The van der Waals surface area contributed by atoms with E-state index in [0.717, 1.165) is 6.42 Å². The summed E-state index contributed by atoms with van der Waals surface area (Å²) in [7, 11) is -4.92. The molecule has 0 spiro atoms. The number of amides is 1. The van der Waals surface area contributed by atoms with Gasteiger partial charge in [-0.3, -0.25) is 9.52 Å². The highest BCUT2D eigenvalue weighted by Crippen LogP contribution is 2.30. The van der Waals surface area contributed by atoms with Gasteiger partial charge in [-0.05, 0) is 65.2 Å². The van der Waals surface area contributed by atoms with Gasteiger partial charge in [0, 0.05) is 51.6 Å². The summed E-state index contributed by atoms with van der Waals surface area (Å²) in [5.74, 6) is -0.449. The topological polar surface area (TPSA) is 186 Å². The fourth-order valence-electron chi connectivity index (χ4n) is 5.53. The van der Waals surface area contributed by atoms with Crippen LogP contribution in [-0.4, -0.2) is 103 Å². The van der Waals surface area contributed by atoms with E-state index >= 15 is 0 Å². The fourth-order valence-corrected chi connectivity index (χ4v) is 8.03. The Kier molecular flexibility index (Phi) is 11.9. The number of imidazole rings is 1. The van der Waals surface area contributed by atoms with Crippen molar-refractivity contribution in [1.29, 1.82) is 0 Å². The maximum atomic E-state index is 14.3. The van der Waals surface area contributed by atoms with Crippen LogP contribution in [0.1, 0.15) is 61.8 Å². The summed E-state index contributed by atoms with van der Waals surface area (Å²) in [4.78, 5) is 19.7. The third-order valence-corrected chi connectivity index (χ3v) is 11.7. The van der Waals surface area contributed by atoms with Crippen LogP contribution in [0.15, 0.2) is 45.2 Å². The fraction of sp³-hybridized carbons (Fsp3) is 0.581. The first-order valence-electron chi connectivity index (χ1n) is 15.8. The molecule has 0 bridgehead atoms. The van der Waals surface area contributed by atoms with E-state index in [4.69, 9.17) is 14.0 Å². The number of likely N-dealkylation sites (N-methyl/N-ethyl adjacent to an activating group) is 1. The lowest BCUT2D eigenvalue weighted by Gasteiger charge is -2.35. The molecule has 266 valence electrons. The van der Waals surface area contributed by atoms with Gasteiger partial charge in [0.05, 0.1) is 36.7 Å². The van der Waals surface area contributed by atoms with Gasteiger partial charge in [0.2, 0.25) is 10.0 Å². The molecule has 0 fully saturated rings. The molecule has 4 rings (SSSR count). The maximum absolute atomic E-state index is 14.3. The number of aliphatic hydroxyl groups excluding tert-OH is 1. The molecule has 15 nitrogen and oxygen atoms in total. The van der Waals surface area contributed by atoms with E-state index in [9.17, 15) is 26.7 Å². The number of hydrogen-bond donors (Lipinski definition) is 2. The first-order chi connectivity index (χ1) is 22.5. The number of nitrogens with zero attached hydrogens (tertiary/aromatic N) is 5. The van der Waals surface area contributed by atoms with Gasteiger partial charge in [-0.15, -0.1) is 0 Å². The Hall–Kier alpha value is -3.51. The smallest absolute Gasteiger partial charge is 0.280 e. The summed E-state index contributed by atoms with van der Waals surface area (Å²) in [6.07, 6.45) is 3.89. The summed E-state index contributed by atoms with van der Waals surface area (Å²) in [6, 6.07) is 3.83. The number of aliphatic hydroxyl groups is 1. The highest BCUT2D eigenvalue weighted by Gasteiger charge is 2.34. The molecule has 2 aromatic heterocycles. The van der Waals surface area contributed by atoms with Crippen LogP contribution in [0.25, 0.3) is 0 Å². The number of fused-ring (bicyclic) bond motifs is 1. The molecule has 0 saturated carbocycles. The monoisotopic (exact) mass is 710 g/mol. The molecule has 0 aliphatic carbocycles. The molecule has 48 heavy (non-hydrogen) atoms. The largest absolute Gasteiger partial charge is 0.490 e. The number of rotatable bonds is 9. The maximum Gasteiger partial charge on any atom is 0.280 e. The van der Waals surface area contributed by atoms with Gasteiger partial charge in [-0.1, -0.05) is 12.1 Å². The summed E-state index contributed by atoms with van der Waals surface area (Å²) in [5, 5.41) is 13.8. The van der Waals surface area contributed by atoms with Crippen LogP contribution in [0.2, 0.25) is 0 Å². The van der Waals surface area contributed by atoms with Crippen LogP contribution in [0.5, 0.6) is 5.75 Å². The van der Waals surface area contributed by atoms with Crippen LogP contribution in [0.4, 0.5) is 5.69 Å². The molecule has 1 aliphatic rings. The minimum Gasteiger partial charge on any atom is -0.490 e. The SMILES string of the molecule is Cc1noc(C)c1S(=O)(=O)N(C)C[C@@H]1OCCCC[C@H](C)Oc2ccc(NS(=O)(=O)c3cn(C)cn3)cc2C(=O)N([C@@H](C)CO)C[C@H]1C. The van der Waals surface area contributed by atoms with Crippen molar-refractivity contribution in [3.05, 3.63) is 47.7 Å². The van der Waals surface area contributed by atoms with Crippen molar-refractivity contribution in [2.75, 3.05) is 38.1 Å². The first-order valence-corrected chi connectivity index (χ1v) is 18.7. The van der Waals surface area contributed by atoms with Crippen molar-refractivity contribution in [2.45, 2.75) is 82.1 Å². The zero-order chi connectivity index (χ0) is 35.4. The predicted molar refractivity (Wildman–Crippen MR) is 177 cm³/mol. The molecule has 0 saturated heterocycles. The average Bonchev–Trinajstić information content (AvgIpc) is 3.63. The number of hydrogen-bond acceptors (Lipinski definition) is 11. The third kappa shape index (κ3) is 8.55. The summed E-state index contributed by atoms with van der Waals surface area (Å²) in [6.45, 7) is 8.61. The number of carbonyl (C=O) groups excluding carboxylic acids is 1. The van der Waals surface area contributed by atoms with Crippen molar-refractivity contribution in [3.8, 4) is 5.75 Å². The van der Waals surface area contributed by atoms with Crippen LogP contribution in [0.3, 0.4) is 0 Å². The molecule has 17 heteroatoms. The normalized spacial score (nSPS) is 21.0. The third-order valence-electron chi connectivity index (χ3n) is 8.33. The van der Waals surface area contributed by atoms with Gasteiger partial charge >= 0.3 is 0 Å².